The Bertz CT molecular complexity index is 651. The summed E-state index contributed by atoms with van der Waals surface area (Å²) in [6.45, 7) is 12.5. The van der Waals surface area contributed by atoms with Crippen LogP contribution in [0.4, 0.5) is 0 Å². The van der Waals surface area contributed by atoms with E-state index in [9.17, 15) is 9.90 Å². The number of carbonyl (C=O) groups is 1. The number of hydrogen-bond acceptors (Lipinski definition) is 5. The average Bonchev–Trinajstić information content (AvgIpc) is 2.73. The molecule has 6 heteroatoms. The first-order valence-electron chi connectivity index (χ1n) is 11.7. The second kappa shape index (κ2) is 11.8. The minimum Gasteiger partial charge on any atom is -0.480 e. The summed E-state index contributed by atoms with van der Waals surface area (Å²) >= 11 is 0. The number of likely N-dealkylation sites (N-methyl/N-ethyl adjacent to an activating group) is 1. The highest BCUT2D eigenvalue weighted by Gasteiger charge is 2.26. The van der Waals surface area contributed by atoms with Crippen LogP contribution in [0.5, 0.6) is 0 Å². The number of carboxylic acids is 1. The molecular formula is C24H40N4O2. The lowest BCUT2D eigenvalue weighted by Gasteiger charge is -2.36. The van der Waals surface area contributed by atoms with Crippen LogP contribution in [0.3, 0.4) is 0 Å². The second-order valence-electron chi connectivity index (χ2n) is 9.11. The van der Waals surface area contributed by atoms with E-state index < -0.39 is 12.0 Å². The molecule has 2 fully saturated rings. The topological polar surface area (TPSA) is 50.3 Å². The van der Waals surface area contributed by atoms with E-state index in [0.717, 1.165) is 78.3 Å². The molecule has 0 spiro atoms. The van der Waals surface area contributed by atoms with Gasteiger partial charge < -0.3 is 19.8 Å². The van der Waals surface area contributed by atoms with Gasteiger partial charge in [-0.05, 0) is 64.9 Å². The maximum atomic E-state index is 12.2. The largest absolute Gasteiger partial charge is 0.480 e. The zero-order chi connectivity index (χ0) is 21.3. The van der Waals surface area contributed by atoms with Crippen LogP contribution in [0.1, 0.15) is 30.4 Å². The van der Waals surface area contributed by atoms with E-state index >= 15 is 0 Å². The van der Waals surface area contributed by atoms with Crippen molar-refractivity contribution in [3.63, 3.8) is 0 Å². The van der Waals surface area contributed by atoms with Gasteiger partial charge in [-0.15, -0.1) is 0 Å². The van der Waals surface area contributed by atoms with Gasteiger partial charge in [-0.25, -0.2) is 0 Å². The molecule has 1 aromatic rings. The highest BCUT2D eigenvalue weighted by Crippen LogP contribution is 2.14. The van der Waals surface area contributed by atoms with Crippen LogP contribution in [0, 0.1) is 6.92 Å². The number of nitrogens with zero attached hydrogens (tertiary/aromatic N) is 4. The molecule has 3 rings (SSSR count). The highest BCUT2D eigenvalue weighted by molar-refractivity contribution is 5.73. The van der Waals surface area contributed by atoms with E-state index in [2.05, 4.69) is 57.8 Å². The van der Waals surface area contributed by atoms with Gasteiger partial charge in [0.2, 0.25) is 0 Å². The van der Waals surface area contributed by atoms with Crippen LogP contribution in [0.25, 0.3) is 0 Å². The quantitative estimate of drug-likeness (QED) is 0.793. The molecule has 0 aliphatic carbocycles. The Kier molecular flexibility index (Phi) is 9.12. The molecule has 0 radical (unpaired) electrons. The zero-order valence-electron chi connectivity index (χ0n) is 18.9. The Morgan fingerprint density at radius 2 is 1.47 bits per heavy atom. The summed E-state index contributed by atoms with van der Waals surface area (Å²) in [5, 5.41) is 10.0. The number of fused-ring (bicyclic) bond motifs is 3. The molecule has 2 aliphatic rings. The molecule has 0 aromatic heterocycles. The molecule has 1 N–H and O–H groups in total. The molecule has 168 valence electrons. The van der Waals surface area contributed by atoms with Crippen LogP contribution >= 0.6 is 0 Å². The molecule has 30 heavy (non-hydrogen) atoms. The van der Waals surface area contributed by atoms with Crippen molar-refractivity contribution in [3.05, 3.63) is 35.4 Å². The molecule has 3 unspecified atom stereocenters. The lowest BCUT2D eigenvalue weighted by molar-refractivity contribution is -0.143. The first-order valence-corrected chi connectivity index (χ1v) is 11.7. The monoisotopic (exact) mass is 416 g/mol. The SMILES string of the molecule is Cc1ccc(CCC(C(=O)O)N2CCCN3CCN(C)CCCN(CC3)CC2)cc1. The van der Waals surface area contributed by atoms with Crippen molar-refractivity contribution >= 4 is 5.97 Å². The third kappa shape index (κ3) is 7.34. The van der Waals surface area contributed by atoms with E-state index in [1.807, 2.05) is 0 Å². The number of aryl methyl sites for hydroxylation is 2. The average molecular weight is 417 g/mol. The summed E-state index contributed by atoms with van der Waals surface area (Å²) in [5.41, 5.74) is 2.47. The molecule has 2 heterocycles. The first-order chi connectivity index (χ1) is 14.5. The summed E-state index contributed by atoms with van der Waals surface area (Å²) in [7, 11) is 2.23. The van der Waals surface area contributed by atoms with E-state index in [1.165, 1.54) is 17.5 Å². The van der Waals surface area contributed by atoms with Crippen LogP contribution in [-0.2, 0) is 11.2 Å². The van der Waals surface area contributed by atoms with Crippen molar-refractivity contribution < 1.29 is 9.90 Å². The maximum Gasteiger partial charge on any atom is 0.320 e. The van der Waals surface area contributed by atoms with E-state index in [0.29, 0.717) is 6.42 Å². The maximum absolute atomic E-state index is 12.2. The predicted octanol–water partition coefficient (Wildman–Crippen LogP) is 2.03. The Balaban J connectivity index is 1.64. The fraction of sp³-hybridized carbons (Fsp3) is 0.708. The predicted molar refractivity (Wildman–Crippen MR) is 122 cm³/mol. The summed E-state index contributed by atoms with van der Waals surface area (Å²) < 4.78 is 0. The summed E-state index contributed by atoms with van der Waals surface area (Å²) in [5.74, 6) is -0.676. The van der Waals surface area contributed by atoms with Crippen molar-refractivity contribution in [2.75, 3.05) is 72.5 Å². The minimum absolute atomic E-state index is 0.403. The summed E-state index contributed by atoms with van der Waals surface area (Å²) in [6, 6.07) is 8.09. The van der Waals surface area contributed by atoms with Gasteiger partial charge >= 0.3 is 5.97 Å². The number of hydrogen-bond donors (Lipinski definition) is 1. The molecule has 0 amide bonds. The lowest BCUT2D eigenvalue weighted by Crippen LogP contribution is -2.50. The second-order valence-corrected chi connectivity index (χ2v) is 9.11. The van der Waals surface area contributed by atoms with Gasteiger partial charge in [-0.3, -0.25) is 9.69 Å². The summed E-state index contributed by atoms with van der Waals surface area (Å²) in [6.07, 6.45) is 3.72. The molecule has 2 saturated heterocycles. The standard InChI is InChI=1S/C24H40N4O2/c1-21-5-7-22(8-6-21)9-10-23(24(29)30)28-14-4-13-26-16-15-25(2)11-3-12-27(18-17-26)19-20-28/h5-8,23H,3-4,9-20H2,1-2H3,(H,29,30). The van der Waals surface area contributed by atoms with E-state index in [4.69, 9.17) is 0 Å². The van der Waals surface area contributed by atoms with Gasteiger partial charge in [0.15, 0.2) is 0 Å². The number of aliphatic carboxylic acids is 1. The van der Waals surface area contributed by atoms with Crippen molar-refractivity contribution in [1.29, 1.82) is 0 Å². The van der Waals surface area contributed by atoms with Crippen LogP contribution in [-0.4, -0.2) is 109 Å². The Labute approximate surface area is 182 Å². The molecular weight excluding hydrogens is 376 g/mol. The molecule has 6 nitrogen and oxygen atoms in total. The van der Waals surface area contributed by atoms with Crippen molar-refractivity contribution in [2.24, 2.45) is 0 Å². The molecule has 2 bridgehead atoms. The molecule has 3 atom stereocenters. The lowest BCUT2D eigenvalue weighted by atomic mass is 10.0. The fourth-order valence-corrected chi connectivity index (χ4v) is 4.65. The van der Waals surface area contributed by atoms with Crippen LogP contribution in [0.2, 0.25) is 0 Å². The van der Waals surface area contributed by atoms with E-state index in [-0.39, 0.29) is 0 Å². The van der Waals surface area contributed by atoms with Crippen LogP contribution in [0.15, 0.2) is 24.3 Å². The highest BCUT2D eigenvalue weighted by atomic mass is 16.4. The van der Waals surface area contributed by atoms with Crippen molar-refractivity contribution in [3.8, 4) is 0 Å². The molecule has 1 aromatic carbocycles. The third-order valence-corrected chi connectivity index (χ3v) is 6.72. The number of benzene rings is 1. The van der Waals surface area contributed by atoms with Crippen molar-refractivity contribution in [2.45, 2.75) is 38.6 Å². The number of rotatable bonds is 5. The fourth-order valence-electron chi connectivity index (χ4n) is 4.65. The third-order valence-electron chi connectivity index (χ3n) is 6.72. The smallest absolute Gasteiger partial charge is 0.320 e. The number of carboxylic acid groups (broad SMARTS) is 1. The van der Waals surface area contributed by atoms with Gasteiger partial charge in [0.05, 0.1) is 0 Å². The zero-order valence-corrected chi connectivity index (χ0v) is 18.9. The molecule has 2 aliphatic heterocycles. The Hall–Kier alpha value is -1.47. The van der Waals surface area contributed by atoms with Crippen LogP contribution < -0.4 is 0 Å². The Morgan fingerprint density at radius 3 is 2.13 bits per heavy atom. The molecule has 0 saturated carbocycles. The normalized spacial score (nSPS) is 26.2. The van der Waals surface area contributed by atoms with Crippen molar-refractivity contribution in [1.82, 2.24) is 19.6 Å². The van der Waals surface area contributed by atoms with Gasteiger partial charge in [0.1, 0.15) is 6.04 Å². The summed E-state index contributed by atoms with van der Waals surface area (Å²) in [4.78, 5) is 22.0. The Morgan fingerprint density at radius 1 is 0.867 bits per heavy atom. The van der Waals surface area contributed by atoms with Gasteiger partial charge in [0, 0.05) is 45.8 Å². The first kappa shape index (κ1) is 23.2. The van der Waals surface area contributed by atoms with Gasteiger partial charge in [-0.2, -0.15) is 0 Å². The van der Waals surface area contributed by atoms with Gasteiger partial charge in [-0.1, -0.05) is 29.8 Å². The van der Waals surface area contributed by atoms with Gasteiger partial charge in [0.25, 0.3) is 0 Å². The minimum atomic E-state index is -0.676. The van der Waals surface area contributed by atoms with E-state index in [1.54, 1.807) is 0 Å².